The van der Waals surface area contributed by atoms with Gasteiger partial charge in [0.15, 0.2) is 0 Å². The smallest absolute Gasteiger partial charge is 0.223 e. The Labute approximate surface area is 170 Å². The van der Waals surface area contributed by atoms with Crippen molar-refractivity contribution in [2.24, 2.45) is 0 Å². The second-order valence-corrected chi connectivity index (χ2v) is 6.64. The van der Waals surface area contributed by atoms with Crippen molar-refractivity contribution in [3.63, 3.8) is 0 Å². The summed E-state index contributed by atoms with van der Waals surface area (Å²) in [7, 11) is 3.34. The zero-order valence-electron chi connectivity index (χ0n) is 16.5. The van der Waals surface area contributed by atoms with E-state index in [2.05, 4.69) is 21.7 Å². The fraction of sp³-hybridized carbons (Fsp3) is 0.273. The topological polar surface area (TPSA) is 77.5 Å². The van der Waals surface area contributed by atoms with Crippen LogP contribution in [0.2, 0.25) is 0 Å². The number of hydrogen-bond donors (Lipinski definition) is 2. The number of nitrogens with one attached hydrogen (secondary N) is 2. The van der Waals surface area contributed by atoms with E-state index < -0.39 is 0 Å². The molecule has 0 radical (unpaired) electrons. The van der Waals surface area contributed by atoms with Crippen molar-refractivity contribution >= 4 is 11.6 Å². The summed E-state index contributed by atoms with van der Waals surface area (Å²) in [5.41, 5.74) is 4.02. The van der Waals surface area contributed by atoms with Gasteiger partial charge in [-0.1, -0.05) is 18.2 Å². The zero-order chi connectivity index (χ0) is 20.1. The molecule has 1 atom stereocenters. The predicted molar refractivity (Wildman–Crippen MR) is 113 cm³/mol. The van der Waals surface area contributed by atoms with Crippen LogP contribution in [0.15, 0.2) is 54.7 Å². The minimum Gasteiger partial charge on any atom is -0.497 e. The van der Waals surface area contributed by atoms with E-state index in [0.29, 0.717) is 25.5 Å². The molecule has 1 aliphatic heterocycles. The molecule has 0 fully saturated rings. The number of nitrogens with zero attached hydrogens (tertiary/aromatic N) is 2. The summed E-state index contributed by atoms with van der Waals surface area (Å²) in [5.74, 6) is 2.17. The van der Waals surface area contributed by atoms with E-state index in [1.807, 2.05) is 48.7 Å². The number of anilines is 2. The van der Waals surface area contributed by atoms with Gasteiger partial charge in [-0.25, -0.2) is 9.97 Å². The van der Waals surface area contributed by atoms with E-state index in [1.165, 1.54) is 0 Å². The molecule has 1 unspecified atom stereocenters. The summed E-state index contributed by atoms with van der Waals surface area (Å²) in [5, 5.41) is 6.66. The molecule has 0 aliphatic carbocycles. The van der Waals surface area contributed by atoms with Crippen LogP contribution in [0.3, 0.4) is 0 Å². The Balaban J connectivity index is 1.43. The molecule has 1 aliphatic rings. The van der Waals surface area contributed by atoms with Crippen LogP contribution in [-0.2, 0) is 11.2 Å². The lowest BCUT2D eigenvalue weighted by Gasteiger charge is -2.15. The van der Waals surface area contributed by atoms with Crippen molar-refractivity contribution in [1.29, 1.82) is 0 Å². The quantitative estimate of drug-likeness (QED) is 0.595. The third kappa shape index (κ3) is 4.41. The summed E-state index contributed by atoms with van der Waals surface area (Å²) in [4.78, 5) is 9.23. The van der Waals surface area contributed by atoms with Gasteiger partial charge in [0.1, 0.15) is 24.3 Å². The molecule has 0 saturated heterocycles. The minimum absolute atomic E-state index is 0.113. The van der Waals surface area contributed by atoms with Crippen LogP contribution in [0.25, 0.3) is 11.3 Å². The summed E-state index contributed by atoms with van der Waals surface area (Å²) >= 11 is 0. The summed E-state index contributed by atoms with van der Waals surface area (Å²) in [6.07, 6.45) is 2.45. The van der Waals surface area contributed by atoms with Crippen LogP contribution in [0.5, 0.6) is 11.5 Å². The van der Waals surface area contributed by atoms with E-state index >= 15 is 0 Å². The molecule has 0 bridgehead atoms. The normalized spacial score (nSPS) is 14.8. The van der Waals surface area contributed by atoms with E-state index in [9.17, 15) is 0 Å². The van der Waals surface area contributed by atoms with Gasteiger partial charge in [0.25, 0.3) is 0 Å². The highest BCUT2D eigenvalue weighted by Gasteiger charge is 2.21. The molecular formula is C22H24N4O3. The minimum atomic E-state index is -0.113. The van der Waals surface area contributed by atoms with Crippen molar-refractivity contribution in [2.45, 2.75) is 12.6 Å². The summed E-state index contributed by atoms with van der Waals surface area (Å²) in [6, 6.07) is 15.6. The number of rotatable bonds is 7. The second-order valence-electron chi connectivity index (χ2n) is 6.64. The van der Waals surface area contributed by atoms with Crippen LogP contribution in [-0.4, -0.2) is 43.6 Å². The number of hydrogen-bond acceptors (Lipinski definition) is 7. The van der Waals surface area contributed by atoms with Crippen LogP contribution in [0.1, 0.15) is 5.56 Å². The van der Waals surface area contributed by atoms with Gasteiger partial charge in [-0.05, 0) is 30.3 Å². The molecule has 2 N–H and O–H groups in total. The third-order valence-corrected chi connectivity index (χ3v) is 4.77. The zero-order valence-corrected chi connectivity index (χ0v) is 16.5. The van der Waals surface area contributed by atoms with E-state index in [1.54, 1.807) is 14.2 Å². The highest BCUT2D eigenvalue weighted by atomic mass is 16.5. The Bertz CT molecular complexity index is 963. The number of fused-ring (bicyclic) bond motifs is 3. The van der Waals surface area contributed by atoms with Crippen LogP contribution in [0.4, 0.5) is 11.6 Å². The molecule has 150 valence electrons. The van der Waals surface area contributed by atoms with Gasteiger partial charge in [0.05, 0.1) is 19.3 Å². The third-order valence-electron chi connectivity index (χ3n) is 4.77. The molecule has 2 heterocycles. The maximum atomic E-state index is 5.74. The van der Waals surface area contributed by atoms with Crippen molar-refractivity contribution in [3.05, 3.63) is 60.3 Å². The van der Waals surface area contributed by atoms with Gasteiger partial charge in [0.2, 0.25) is 5.95 Å². The SMILES string of the molecule is COc1ccc(OCCNc2ncc3c(n2)-c2ccccc2NC(OC)C3)cc1. The molecule has 1 aromatic heterocycles. The molecule has 0 amide bonds. The van der Waals surface area contributed by atoms with Gasteiger partial charge in [-0.3, -0.25) is 0 Å². The largest absolute Gasteiger partial charge is 0.497 e. The van der Waals surface area contributed by atoms with Crippen molar-refractivity contribution in [1.82, 2.24) is 9.97 Å². The molecular weight excluding hydrogens is 368 g/mol. The molecule has 0 saturated carbocycles. The Kier molecular flexibility index (Phi) is 5.76. The second kappa shape index (κ2) is 8.79. The Hall–Kier alpha value is -3.32. The van der Waals surface area contributed by atoms with Gasteiger partial charge in [-0.15, -0.1) is 0 Å². The molecule has 2 aromatic carbocycles. The van der Waals surface area contributed by atoms with Gasteiger partial charge < -0.3 is 24.8 Å². The average molecular weight is 392 g/mol. The van der Waals surface area contributed by atoms with E-state index in [0.717, 1.165) is 34.0 Å². The highest BCUT2D eigenvalue weighted by Crippen LogP contribution is 2.33. The molecule has 4 rings (SSSR count). The average Bonchev–Trinajstić information content (AvgIpc) is 2.93. The molecule has 7 nitrogen and oxygen atoms in total. The first kappa shape index (κ1) is 19.0. The van der Waals surface area contributed by atoms with Gasteiger partial charge >= 0.3 is 0 Å². The fourth-order valence-corrected chi connectivity index (χ4v) is 3.26. The number of ether oxygens (including phenoxy) is 3. The predicted octanol–water partition coefficient (Wildman–Crippen LogP) is 3.58. The maximum Gasteiger partial charge on any atom is 0.223 e. The highest BCUT2D eigenvalue weighted by molar-refractivity contribution is 5.79. The first-order valence-electron chi connectivity index (χ1n) is 9.52. The summed E-state index contributed by atoms with van der Waals surface area (Å²) < 4.78 is 16.4. The molecule has 7 heteroatoms. The first-order valence-corrected chi connectivity index (χ1v) is 9.52. The van der Waals surface area contributed by atoms with Gasteiger partial charge in [-0.2, -0.15) is 0 Å². The standard InChI is InChI=1S/C22H24N4O3/c1-27-16-7-9-17(10-8-16)29-12-11-23-22-24-14-15-13-20(28-2)25-19-6-4-3-5-18(19)21(15)26-22/h3-10,14,20,25H,11-13H2,1-2H3,(H,23,24,26). The first-order chi connectivity index (χ1) is 14.3. The van der Waals surface area contributed by atoms with Crippen molar-refractivity contribution in [2.75, 3.05) is 38.0 Å². The van der Waals surface area contributed by atoms with Crippen molar-refractivity contribution < 1.29 is 14.2 Å². The Morgan fingerprint density at radius 3 is 2.66 bits per heavy atom. The lowest BCUT2D eigenvalue weighted by Crippen LogP contribution is -2.23. The molecule has 0 spiro atoms. The Morgan fingerprint density at radius 1 is 1.07 bits per heavy atom. The monoisotopic (exact) mass is 392 g/mol. The van der Waals surface area contributed by atoms with Crippen LogP contribution >= 0.6 is 0 Å². The Morgan fingerprint density at radius 2 is 1.86 bits per heavy atom. The van der Waals surface area contributed by atoms with Crippen LogP contribution in [0, 0.1) is 0 Å². The lowest BCUT2D eigenvalue weighted by atomic mass is 10.1. The maximum absolute atomic E-state index is 5.74. The fourth-order valence-electron chi connectivity index (χ4n) is 3.26. The summed E-state index contributed by atoms with van der Waals surface area (Å²) in [6.45, 7) is 1.09. The molecule has 3 aromatic rings. The van der Waals surface area contributed by atoms with Gasteiger partial charge in [0, 0.05) is 36.5 Å². The number of methoxy groups -OCH3 is 2. The number of benzene rings is 2. The molecule has 29 heavy (non-hydrogen) atoms. The number of aromatic nitrogens is 2. The van der Waals surface area contributed by atoms with E-state index in [-0.39, 0.29) is 6.23 Å². The number of para-hydroxylation sites is 1. The van der Waals surface area contributed by atoms with E-state index in [4.69, 9.17) is 19.2 Å². The van der Waals surface area contributed by atoms with Crippen LogP contribution < -0.4 is 20.1 Å². The van der Waals surface area contributed by atoms with Crippen molar-refractivity contribution in [3.8, 4) is 22.8 Å². The lowest BCUT2D eigenvalue weighted by molar-refractivity contribution is 0.126.